The third-order valence-corrected chi connectivity index (χ3v) is 3.76. The summed E-state index contributed by atoms with van der Waals surface area (Å²) < 4.78 is 0. The van der Waals surface area contributed by atoms with E-state index in [1.807, 2.05) is 6.92 Å². The Morgan fingerprint density at radius 1 is 1.07 bits per heavy atom. The highest BCUT2D eigenvalue weighted by Crippen LogP contribution is 2.46. The Kier molecular flexibility index (Phi) is 2.38. The molecule has 1 nitrogen and oxygen atoms in total. The van der Waals surface area contributed by atoms with E-state index in [0.29, 0.717) is 5.92 Å². The quantitative estimate of drug-likeness (QED) is 0.784. The molecule has 15 heavy (non-hydrogen) atoms. The smallest absolute Gasteiger partial charge is 0.0899 e. The molecule has 2 rings (SSSR count). The van der Waals surface area contributed by atoms with E-state index in [1.54, 1.807) is 0 Å². The Morgan fingerprint density at radius 2 is 1.60 bits per heavy atom. The lowest BCUT2D eigenvalue weighted by molar-refractivity contribution is 0.0324. The topological polar surface area (TPSA) is 20.2 Å². The van der Waals surface area contributed by atoms with Gasteiger partial charge in [-0.1, -0.05) is 12.1 Å². The number of hydrogen-bond donors (Lipinski definition) is 1. The highest BCUT2D eigenvalue weighted by atomic mass is 16.3. The molecular formula is C14H20O. The van der Waals surface area contributed by atoms with Gasteiger partial charge in [-0.2, -0.15) is 0 Å². The van der Waals surface area contributed by atoms with Crippen molar-refractivity contribution in [2.75, 3.05) is 0 Å². The van der Waals surface area contributed by atoms with Gasteiger partial charge in [-0.3, -0.25) is 0 Å². The molecule has 0 aromatic heterocycles. The van der Waals surface area contributed by atoms with E-state index in [4.69, 9.17) is 0 Å². The maximum Gasteiger partial charge on any atom is 0.0899 e. The highest BCUT2D eigenvalue weighted by Gasteiger charge is 2.41. The van der Waals surface area contributed by atoms with Crippen LogP contribution in [0.15, 0.2) is 12.1 Å². The molecule has 1 aliphatic carbocycles. The average molecular weight is 204 g/mol. The minimum Gasteiger partial charge on any atom is -0.385 e. The zero-order valence-electron chi connectivity index (χ0n) is 10.1. The summed E-state index contributed by atoms with van der Waals surface area (Å²) in [5.74, 6) is 0.471. The predicted octanol–water partition coefficient (Wildman–Crippen LogP) is 3.23. The average Bonchev–Trinajstić information content (AvgIpc) is 2.93. The monoisotopic (exact) mass is 204 g/mol. The molecule has 0 radical (unpaired) electrons. The van der Waals surface area contributed by atoms with Gasteiger partial charge < -0.3 is 5.11 Å². The minimum absolute atomic E-state index is 0.471. The van der Waals surface area contributed by atoms with Crippen LogP contribution in [-0.2, 0) is 5.60 Å². The molecule has 1 heteroatoms. The van der Waals surface area contributed by atoms with Crippen molar-refractivity contribution in [1.82, 2.24) is 0 Å². The summed E-state index contributed by atoms with van der Waals surface area (Å²) in [4.78, 5) is 0. The molecule has 1 atom stereocenters. The van der Waals surface area contributed by atoms with Gasteiger partial charge >= 0.3 is 0 Å². The summed E-state index contributed by atoms with van der Waals surface area (Å²) in [5.41, 5.74) is 4.30. The van der Waals surface area contributed by atoms with Gasteiger partial charge in [0.1, 0.15) is 0 Å². The van der Waals surface area contributed by atoms with E-state index >= 15 is 0 Å². The van der Waals surface area contributed by atoms with Crippen molar-refractivity contribution < 1.29 is 5.11 Å². The van der Waals surface area contributed by atoms with Crippen molar-refractivity contribution >= 4 is 0 Å². The Balaban J connectivity index is 2.47. The third-order valence-electron chi connectivity index (χ3n) is 3.76. The van der Waals surface area contributed by atoms with Gasteiger partial charge in [-0.15, -0.1) is 0 Å². The molecule has 1 fully saturated rings. The first-order valence-corrected chi connectivity index (χ1v) is 5.73. The maximum absolute atomic E-state index is 10.5. The number of benzene rings is 1. The molecule has 0 unspecified atom stereocenters. The second-order valence-electron chi connectivity index (χ2n) is 5.17. The number of aliphatic hydroxyl groups is 1. The Hall–Kier alpha value is -0.820. The zero-order valence-corrected chi connectivity index (χ0v) is 10.1. The summed E-state index contributed by atoms with van der Waals surface area (Å²) >= 11 is 0. The molecule has 1 aliphatic rings. The molecule has 0 heterocycles. The lowest BCUT2D eigenvalue weighted by Crippen LogP contribution is -2.25. The Bertz CT molecular complexity index is 387. The fourth-order valence-electron chi connectivity index (χ4n) is 2.37. The van der Waals surface area contributed by atoms with Gasteiger partial charge in [0.05, 0.1) is 5.60 Å². The molecule has 1 N–H and O–H groups in total. The van der Waals surface area contributed by atoms with Crippen LogP contribution in [-0.4, -0.2) is 5.11 Å². The van der Waals surface area contributed by atoms with Crippen molar-refractivity contribution in [1.29, 1.82) is 0 Å². The predicted molar refractivity (Wildman–Crippen MR) is 62.9 cm³/mol. The third kappa shape index (κ3) is 1.81. The number of rotatable bonds is 2. The highest BCUT2D eigenvalue weighted by molar-refractivity contribution is 5.40. The van der Waals surface area contributed by atoms with Crippen molar-refractivity contribution in [3.05, 3.63) is 34.4 Å². The summed E-state index contributed by atoms with van der Waals surface area (Å²) in [6.45, 7) is 8.29. The first-order valence-electron chi connectivity index (χ1n) is 5.73. The molecule has 1 aromatic rings. The summed E-state index contributed by atoms with van der Waals surface area (Å²) in [6, 6.07) is 4.34. The van der Waals surface area contributed by atoms with Gasteiger partial charge in [0.2, 0.25) is 0 Å². The largest absolute Gasteiger partial charge is 0.385 e. The molecule has 1 saturated carbocycles. The van der Waals surface area contributed by atoms with Gasteiger partial charge in [-0.05, 0) is 68.7 Å². The molecule has 0 spiro atoms. The van der Waals surface area contributed by atoms with Crippen LogP contribution < -0.4 is 0 Å². The van der Waals surface area contributed by atoms with E-state index in [2.05, 4.69) is 32.9 Å². The summed E-state index contributed by atoms with van der Waals surface area (Å²) in [7, 11) is 0. The second-order valence-corrected chi connectivity index (χ2v) is 5.17. The molecule has 0 saturated heterocycles. The molecule has 0 amide bonds. The normalized spacial score (nSPS) is 20.1. The van der Waals surface area contributed by atoms with Crippen LogP contribution >= 0.6 is 0 Å². The van der Waals surface area contributed by atoms with Crippen LogP contribution in [0, 0.1) is 26.7 Å². The summed E-state index contributed by atoms with van der Waals surface area (Å²) in [6.07, 6.45) is 2.33. The van der Waals surface area contributed by atoms with Crippen LogP contribution in [0.1, 0.15) is 42.0 Å². The number of hydrogen-bond acceptors (Lipinski definition) is 1. The molecular weight excluding hydrogens is 184 g/mol. The van der Waals surface area contributed by atoms with Crippen LogP contribution in [0.25, 0.3) is 0 Å². The Labute approximate surface area is 92.1 Å². The van der Waals surface area contributed by atoms with Crippen LogP contribution in [0.4, 0.5) is 0 Å². The minimum atomic E-state index is -0.622. The van der Waals surface area contributed by atoms with E-state index in [0.717, 1.165) is 5.56 Å². The van der Waals surface area contributed by atoms with E-state index in [9.17, 15) is 5.11 Å². The first-order chi connectivity index (χ1) is 6.93. The van der Waals surface area contributed by atoms with E-state index in [-0.39, 0.29) is 0 Å². The van der Waals surface area contributed by atoms with Crippen molar-refractivity contribution in [2.45, 2.75) is 46.1 Å². The van der Waals surface area contributed by atoms with Crippen molar-refractivity contribution in [2.24, 2.45) is 5.92 Å². The van der Waals surface area contributed by atoms with Gasteiger partial charge in [0, 0.05) is 0 Å². The standard InChI is InChI=1S/C14H20O/c1-9-7-11(3)13(8-10(9)2)14(4,15)12-5-6-12/h7-8,12,15H,5-6H2,1-4H3/t14-/m1/s1. The number of aryl methyl sites for hydroxylation is 3. The fourth-order valence-corrected chi connectivity index (χ4v) is 2.37. The van der Waals surface area contributed by atoms with Crippen molar-refractivity contribution in [3.8, 4) is 0 Å². The lowest BCUT2D eigenvalue weighted by Gasteiger charge is -2.26. The second kappa shape index (κ2) is 3.34. The molecule has 82 valence electrons. The van der Waals surface area contributed by atoms with E-state index in [1.165, 1.54) is 29.5 Å². The van der Waals surface area contributed by atoms with Gasteiger partial charge in [0.25, 0.3) is 0 Å². The Morgan fingerprint density at radius 3 is 2.13 bits per heavy atom. The SMILES string of the molecule is Cc1cc(C)c([C@](C)(O)C2CC2)cc1C. The molecule has 1 aromatic carbocycles. The van der Waals surface area contributed by atoms with Crippen LogP contribution in [0.5, 0.6) is 0 Å². The maximum atomic E-state index is 10.5. The molecule has 0 aliphatic heterocycles. The first kappa shape index (κ1) is 10.7. The fraction of sp³-hybridized carbons (Fsp3) is 0.571. The lowest BCUT2D eigenvalue weighted by atomic mass is 9.85. The van der Waals surface area contributed by atoms with Crippen molar-refractivity contribution in [3.63, 3.8) is 0 Å². The van der Waals surface area contributed by atoms with Crippen LogP contribution in [0.2, 0.25) is 0 Å². The van der Waals surface area contributed by atoms with Gasteiger partial charge in [-0.25, -0.2) is 0 Å². The molecule has 0 bridgehead atoms. The van der Waals surface area contributed by atoms with Crippen LogP contribution in [0.3, 0.4) is 0 Å². The van der Waals surface area contributed by atoms with Gasteiger partial charge in [0.15, 0.2) is 0 Å². The van der Waals surface area contributed by atoms with E-state index < -0.39 is 5.60 Å². The summed E-state index contributed by atoms with van der Waals surface area (Å²) in [5, 5.41) is 10.5. The zero-order chi connectivity index (χ0) is 11.2.